The van der Waals surface area contributed by atoms with Crippen LogP contribution in [-0.2, 0) is 0 Å². The molecule has 1 N–H and O–H groups in total. The molecule has 0 atom stereocenters. The maximum Gasteiger partial charge on any atom is 0.258 e. The first-order valence-electron chi connectivity index (χ1n) is 6.49. The van der Waals surface area contributed by atoms with E-state index in [0.29, 0.717) is 16.6 Å². The Morgan fingerprint density at radius 2 is 2.19 bits per heavy atom. The number of hydrogen-bond acceptors (Lipinski definition) is 5. The van der Waals surface area contributed by atoms with Crippen molar-refractivity contribution < 1.29 is 4.79 Å². The van der Waals surface area contributed by atoms with Gasteiger partial charge in [-0.05, 0) is 47.6 Å². The molecule has 1 aromatic carbocycles. The summed E-state index contributed by atoms with van der Waals surface area (Å²) in [4.78, 5) is 12.2. The third-order valence-electron chi connectivity index (χ3n) is 2.54. The standard InChI is InChI=1S/C14H16IN3OS2/c1-8(2)7-20-14-18-17-13(21-14)16-12(19)10-5-4-9(3)6-11(10)15/h4-6,8H,7H2,1-3H3,(H,16,17,19). The monoisotopic (exact) mass is 433 g/mol. The van der Waals surface area contributed by atoms with Crippen LogP contribution in [0.2, 0.25) is 0 Å². The van der Waals surface area contributed by atoms with Gasteiger partial charge in [0.25, 0.3) is 5.91 Å². The van der Waals surface area contributed by atoms with Crippen molar-refractivity contribution in [2.75, 3.05) is 11.1 Å². The molecule has 0 fully saturated rings. The lowest BCUT2D eigenvalue weighted by Crippen LogP contribution is -2.13. The van der Waals surface area contributed by atoms with Crippen molar-refractivity contribution in [3.8, 4) is 0 Å². The van der Waals surface area contributed by atoms with Gasteiger partial charge in [0, 0.05) is 9.32 Å². The molecule has 0 bridgehead atoms. The minimum atomic E-state index is -0.143. The first kappa shape index (κ1) is 16.7. The van der Waals surface area contributed by atoms with Crippen molar-refractivity contribution in [1.82, 2.24) is 10.2 Å². The van der Waals surface area contributed by atoms with Gasteiger partial charge in [0.15, 0.2) is 4.34 Å². The van der Waals surface area contributed by atoms with E-state index < -0.39 is 0 Å². The minimum absolute atomic E-state index is 0.143. The molecule has 0 spiro atoms. The number of nitrogens with one attached hydrogen (secondary N) is 1. The van der Waals surface area contributed by atoms with Gasteiger partial charge in [0.1, 0.15) is 0 Å². The first-order valence-corrected chi connectivity index (χ1v) is 9.37. The van der Waals surface area contributed by atoms with Crippen LogP contribution in [0.3, 0.4) is 0 Å². The molecule has 4 nitrogen and oxygen atoms in total. The molecule has 7 heteroatoms. The number of carbonyl (C=O) groups excluding carboxylic acids is 1. The van der Waals surface area contributed by atoms with Crippen LogP contribution in [0.5, 0.6) is 0 Å². The van der Waals surface area contributed by atoms with E-state index in [1.54, 1.807) is 11.8 Å². The van der Waals surface area contributed by atoms with E-state index in [1.807, 2.05) is 25.1 Å². The highest BCUT2D eigenvalue weighted by atomic mass is 127. The van der Waals surface area contributed by atoms with Crippen LogP contribution >= 0.6 is 45.7 Å². The minimum Gasteiger partial charge on any atom is -0.296 e. The summed E-state index contributed by atoms with van der Waals surface area (Å²) in [6.45, 7) is 6.33. The Morgan fingerprint density at radius 3 is 2.86 bits per heavy atom. The summed E-state index contributed by atoms with van der Waals surface area (Å²) in [5.74, 6) is 1.46. The van der Waals surface area contributed by atoms with Gasteiger partial charge >= 0.3 is 0 Å². The maximum atomic E-state index is 12.2. The van der Waals surface area contributed by atoms with Crippen LogP contribution in [0.15, 0.2) is 22.5 Å². The van der Waals surface area contributed by atoms with Crippen LogP contribution in [0.1, 0.15) is 29.8 Å². The number of anilines is 1. The Morgan fingerprint density at radius 1 is 1.43 bits per heavy atom. The second kappa shape index (κ2) is 7.55. The maximum absolute atomic E-state index is 12.2. The second-order valence-electron chi connectivity index (χ2n) is 5.02. The molecule has 0 saturated heterocycles. The van der Waals surface area contributed by atoms with Gasteiger partial charge in [-0.2, -0.15) is 0 Å². The fourth-order valence-corrected chi connectivity index (χ4v) is 4.16. The number of nitrogens with zero attached hydrogens (tertiary/aromatic N) is 2. The zero-order valence-corrected chi connectivity index (χ0v) is 15.8. The third-order valence-corrected chi connectivity index (χ3v) is 5.83. The summed E-state index contributed by atoms with van der Waals surface area (Å²) in [5.41, 5.74) is 1.80. The number of rotatable bonds is 5. The number of thioether (sulfide) groups is 1. The van der Waals surface area contributed by atoms with Crippen molar-refractivity contribution in [3.63, 3.8) is 0 Å². The van der Waals surface area contributed by atoms with Gasteiger partial charge < -0.3 is 0 Å². The van der Waals surface area contributed by atoms with Crippen LogP contribution in [0, 0.1) is 16.4 Å². The largest absolute Gasteiger partial charge is 0.296 e. The van der Waals surface area contributed by atoms with E-state index in [1.165, 1.54) is 11.3 Å². The summed E-state index contributed by atoms with van der Waals surface area (Å²) in [6, 6.07) is 5.75. The van der Waals surface area contributed by atoms with Crippen LogP contribution in [-0.4, -0.2) is 21.9 Å². The Hall–Kier alpha value is -0.670. The van der Waals surface area contributed by atoms with Crippen molar-refractivity contribution in [2.45, 2.75) is 25.1 Å². The summed E-state index contributed by atoms with van der Waals surface area (Å²) in [7, 11) is 0. The summed E-state index contributed by atoms with van der Waals surface area (Å²) in [6.07, 6.45) is 0. The highest BCUT2D eigenvalue weighted by Crippen LogP contribution is 2.27. The van der Waals surface area contributed by atoms with E-state index in [-0.39, 0.29) is 5.91 Å². The topological polar surface area (TPSA) is 54.9 Å². The molecule has 2 aromatic rings. The highest BCUT2D eigenvalue weighted by Gasteiger charge is 2.13. The molecule has 0 aliphatic rings. The van der Waals surface area contributed by atoms with Gasteiger partial charge in [-0.25, -0.2) is 0 Å². The molecule has 2 rings (SSSR count). The van der Waals surface area contributed by atoms with Crippen molar-refractivity contribution in [1.29, 1.82) is 0 Å². The molecule has 112 valence electrons. The van der Waals surface area contributed by atoms with Gasteiger partial charge in [-0.1, -0.05) is 48.6 Å². The SMILES string of the molecule is Cc1ccc(C(=O)Nc2nnc(SCC(C)C)s2)c(I)c1. The first-order chi connectivity index (χ1) is 9.95. The number of aryl methyl sites for hydroxylation is 1. The molecular formula is C14H16IN3OS2. The normalized spacial score (nSPS) is 10.9. The van der Waals surface area contributed by atoms with E-state index >= 15 is 0 Å². The molecule has 0 aliphatic heterocycles. The van der Waals surface area contributed by atoms with Gasteiger partial charge in [0.2, 0.25) is 5.13 Å². The fraction of sp³-hybridized carbons (Fsp3) is 0.357. The Kier molecular flexibility index (Phi) is 6.00. The predicted molar refractivity (Wildman–Crippen MR) is 97.3 cm³/mol. The smallest absolute Gasteiger partial charge is 0.258 e. The Labute approximate surface area is 146 Å². The highest BCUT2D eigenvalue weighted by molar-refractivity contribution is 14.1. The fourth-order valence-electron chi connectivity index (χ4n) is 1.53. The van der Waals surface area contributed by atoms with E-state index in [2.05, 4.69) is 52.0 Å². The van der Waals surface area contributed by atoms with E-state index in [9.17, 15) is 4.79 Å². The average molecular weight is 433 g/mol. The Bertz CT molecular complexity index is 643. The molecule has 0 aliphatic carbocycles. The second-order valence-corrected chi connectivity index (χ2v) is 8.42. The number of benzene rings is 1. The zero-order chi connectivity index (χ0) is 15.4. The van der Waals surface area contributed by atoms with Gasteiger partial charge in [-0.3, -0.25) is 10.1 Å². The summed E-state index contributed by atoms with van der Waals surface area (Å²) in [5, 5.41) is 11.5. The molecule has 0 radical (unpaired) electrons. The summed E-state index contributed by atoms with van der Waals surface area (Å²) < 4.78 is 1.82. The molecule has 1 heterocycles. The number of amides is 1. The van der Waals surface area contributed by atoms with Crippen molar-refractivity contribution >= 4 is 56.7 Å². The summed E-state index contributed by atoms with van der Waals surface area (Å²) >= 11 is 5.25. The van der Waals surface area contributed by atoms with Crippen molar-refractivity contribution in [2.24, 2.45) is 5.92 Å². The lowest BCUT2D eigenvalue weighted by molar-refractivity contribution is 0.102. The lowest BCUT2D eigenvalue weighted by atomic mass is 10.1. The van der Waals surface area contributed by atoms with Gasteiger partial charge in [-0.15, -0.1) is 10.2 Å². The van der Waals surface area contributed by atoms with Crippen LogP contribution in [0.4, 0.5) is 5.13 Å². The average Bonchev–Trinajstić information content (AvgIpc) is 2.83. The quantitative estimate of drug-likeness (QED) is 0.430. The third kappa shape index (κ3) is 4.93. The number of carbonyl (C=O) groups is 1. The number of aromatic nitrogens is 2. The van der Waals surface area contributed by atoms with Crippen LogP contribution in [0.25, 0.3) is 0 Å². The lowest BCUT2D eigenvalue weighted by Gasteiger charge is -2.04. The number of halogens is 1. The Balaban J connectivity index is 2.02. The molecule has 21 heavy (non-hydrogen) atoms. The van der Waals surface area contributed by atoms with Crippen LogP contribution < -0.4 is 5.32 Å². The molecule has 0 unspecified atom stereocenters. The van der Waals surface area contributed by atoms with Gasteiger partial charge in [0.05, 0.1) is 5.56 Å². The molecular weight excluding hydrogens is 417 g/mol. The molecule has 1 amide bonds. The predicted octanol–water partition coefficient (Wildman–Crippen LogP) is 4.45. The van der Waals surface area contributed by atoms with E-state index in [4.69, 9.17) is 0 Å². The number of hydrogen-bond donors (Lipinski definition) is 1. The van der Waals surface area contributed by atoms with Crippen molar-refractivity contribution in [3.05, 3.63) is 32.9 Å². The zero-order valence-electron chi connectivity index (χ0n) is 12.0. The molecule has 0 saturated carbocycles. The molecule has 1 aromatic heterocycles. The van der Waals surface area contributed by atoms with E-state index in [0.717, 1.165) is 19.2 Å².